The van der Waals surface area contributed by atoms with Crippen molar-refractivity contribution >= 4 is 28.1 Å². The molecule has 1 amide bonds. The van der Waals surface area contributed by atoms with Gasteiger partial charge in [-0.1, -0.05) is 15.9 Å². The Kier molecular flexibility index (Phi) is 6.39. The monoisotopic (exact) mass is 455 g/mol. The predicted molar refractivity (Wildman–Crippen MR) is 118 cm³/mol. The number of carbonyl (C=O) groups excluding carboxylic acids is 1. The molecule has 29 heavy (non-hydrogen) atoms. The average molecular weight is 456 g/mol. The molecule has 1 heterocycles. The standard InChI is InChI=1S/C22H22BrN3O3/c1-14-9-17(15(2)26(14)19-7-5-18(23)6-8-19)13-24-25-22(27)16-10-20(28-3)12-21(11-16)29-4/h5-13H,1-4H3,(H,25,27). The minimum Gasteiger partial charge on any atom is -0.497 e. The first-order valence-corrected chi connectivity index (χ1v) is 9.73. The van der Waals surface area contributed by atoms with Crippen LogP contribution in [0, 0.1) is 13.8 Å². The molecule has 0 bridgehead atoms. The summed E-state index contributed by atoms with van der Waals surface area (Å²) in [5.74, 6) is 0.730. The van der Waals surface area contributed by atoms with Gasteiger partial charge in [0.2, 0.25) is 0 Å². The van der Waals surface area contributed by atoms with Gasteiger partial charge in [0.25, 0.3) is 5.91 Å². The number of amides is 1. The number of hydrogen-bond donors (Lipinski definition) is 1. The molecule has 0 saturated carbocycles. The number of aromatic nitrogens is 1. The van der Waals surface area contributed by atoms with Crippen molar-refractivity contribution in [3.8, 4) is 17.2 Å². The number of aryl methyl sites for hydroxylation is 1. The van der Waals surface area contributed by atoms with Crippen LogP contribution in [-0.4, -0.2) is 30.9 Å². The third-order valence-electron chi connectivity index (χ3n) is 4.54. The molecular formula is C22H22BrN3O3. The van der Waals surface area contributed by atoms with Crippen LogP contribution in [0.2, 0.25) is 0 Å². The van der Waals surface area contributed by atoms with Crippen molar-refractivity contribution in [3.63, 3.8) is 0 Å². The van der Waals surface area contributed by atoms with Crippen molar-refractivity contribution in [2.75, 3.05) is 14.2 Å². The zero-order valence-corrected chi connectivity index (χ0v) is 18.3. The lowest BCUT2D eigenvalue weighted by molar-refractivity contribution is 0.0954. The second-order valence-corrected chi connectivity index (χ2v) is 7.35. The normalized spacial score (nSPS) is 10.9. The summed E-state index contributed by atoms with van der Waals surface area (Å²) in [4.78, 5) is 12.4. The summed E-state index contributed by atoms with van der Waals surface area (Å²) in [6, 6.07) is 15.1. The molecule has 1 N–H and O–H groups in total. The van der Waals surface area contributed by atoms with E-state index in [2.05, 4.69) is 31.0 Å². The van der Waals surface area contributed by atoms with E-state index in [-0.39, 0.29) is 5.91 Å². The van der Waals surface area contributed by atoms with Gasteiger partial charge in [0, 0.05) is 38.7 Å². The smallest absolute Gasteiger partial charge is 0.271 e. The van der Waals surface area contributed by atoms with Crippen LogP contribution >= 0.6 is 15.9 Å². The Morgan fingerprint density at radius 3 is 2.24 bits per heavy atom. The van der Waals surface area contributed by atoms with Crippen LogP contribution in [0.1, 0.15) is 27.3 Å². The molecule has 7 heteroatoms. The van der Waals surface area contributed by atoms with Crippen LogP contribution in [0.3, 0.4) is 0 Å². The maximum atomic E-state index is 12.4. The number of ether oxygens (including phenoxy) is 2. The predicted octanol–water partition coefficient (Wildman–Crippen LogP) is 4.64. The summed E-state index contributed by atoms with van der Waals surface area (Å²) >= 11 is 3.46. The largest absolute Gasteiger partial charge is 0.497 e. The Morgan fingerprint density at radius 1 is 1.03 bits per heavy atom. The van der Waals surface area contributed by atoms with Gasteiger partial charge in [-0.05, 0) is 56.3 Å². The molecule has 3 rings (SSSR count). The van der Waals surface area contributed by atoms with E-state index in [1.165, 1.54) is 14.2 Å². The lowest BCUT2D eigenvalue weighted by Gasteiger charge is -2.09. The molecule has 0 fully saturated rings. The summed E-state index contributed by atoms with van der Waals surface area (Å²) in [5, 5.41) is 4.12. The summed E-state index contributed by atoms with van der Waals surface area (Å²) < 4.78 is 13.6. The Hall–Kier alpha value is -3.06. The van der Waals surface area contributed by atoms with Gasteiger partial charge in [-0.25, -0.2) is 5.43 Å². The highest BCUT2D eigenvalue weighted by Crippen LogP contribution is 2.23. The summed E-state index contributed by atoms with van der Waals surface area (Å²) in [5.41, 5.74) is 7.06. The van der Waals surface area contributed by atoms with Crippen molar-refractivity contribution in [3.05, 3.63) is 75.5 Å². The zero-order chi connectivity index (χ0) is 21.0. The van der Waals surface area contributed by atoms with E-state index in [4.69, 9.17) is 9.47 Å². The van der Waals surface area contributed by atoms with E-state index in [1.54, 1.807) is 24.4 Å². The third kappa shape index (κ3) is 4.68. The van der Waals surface area contributed by atoms with Crippen LogP contribution < -0.4 is 14.9 Å². The van der Waals surface area contributed by atoms with Crippen molar-refractivity contribution in [1.82, 2.24) is 9.99 Å². The molecule has 0 spiro atoms. The molecule has 3 aromatic rings. The lowest BCUT2D eigenvalue weighted by atomic mass is 10.2. The van der Waals surface area contributed by atoms with Gasteiger partial charge in [0.15, 0.2) is 0 Å². The van der Waals surface area contributed by atoms with E-state index in [0.717, 1.165) is 27.1 Å². The molecule has 0 saturated heterocycles. The van der Waals surface area contributed by atoms with E-state index < -0.39 is 0 Å². The molecular weight excluding hydrogens is 434 g/mol. The quantitative estimate of drug-likeness (QED) is 0.434. The first-order valence-electron chi connectivity index (χ1n) is 8.94. The number of rotatable bonds is 6. The fraction of sp³-hybridized carbons (Fsp3) is 0.182. The minimum absolute atomic E-state index is 0.347. The number of methoxy groups -OCH3 is 2. The number of hydrogen-bond acceptors (Lipinski definition) is 4. The molecule has 6 nitrogen and oxygen atoms in total. The van der Waals surface area contributed by atoms with E-state index in [9.17, 15) is 4.79 Å². The highest BCUT2D eigenvalue weighted by atomic mass is 79.9. The van der Waals surface area contributed by atoms with Gasteiger partial charge in [-0.3, -0.25) is 4.79 Å². The van der Waals surface area contributed by atoms with Crippen molar-refractivity contribution in [2.24, 2.45) is 5.10 Å². The summed E-state index contributed by atoms with van der Waals surface area (Å²) in [7, 11) is 3.08. The van der Waals surface area contributed by atoms with Gasteiger partial charge in [0.1, 0.15) is 11.5 Å². The Morgan fingerprint density at radius 2 is 1.66 bits per heavy atom. The molecule has 0 aliphatic carbocycles. The van der Waals surface area contributed by atoms with Crippen LogP contribution in [-0.2, 0) is 0 Å². The first-order chi connectivity index (χ1) is 13.9. The number of benzene rings is 2. The fourth-order valence-corrected chi connectivity index (χ4v) is 3.33. The van der Waals surface area contributed by atoms with Crippen molar-refractivity contribution < 1.29 is 14.3 Å². The molecule has 0 aliphatic heterocycles. The van der Waals surface area contributed by atoms with Gasteiger partial charge in [-0.2, -0.15) is 5.10 Å². The maximum absolute atomic E-state index is 12.4. The second-order valence-electron chi connectivity index (χ2n) is 6.44. The average Bonchev–Trinajstić information content (AvgIpc) is 3.01. The lowest BCUT2D eigenvalue weighted by Crippen LogP contribution is -2.17. The number of hydrazone groups is 1. The van der Waals surface area contributed by atoms with Crippen LogP contribution in [0.5, 0.6) is 11.5 Å². The minimum atomic E-state index is -0.347. The number of halogens is 1. The summed E-state index contributed by atoms with van der Waals surface area (Å²) in [6.07, 6.45) is 1.65. The summed E-state index contributed by atoms with van der Waals surface area (Å²) in [6.45, 7) is 4.05. The van der Waals surface area contributed by atoms with Gasteiger partial charge in [0.05, 0.1) is 20.4 Å². The number of nitrogens with one attached hydrogen (secondary N) is 1. The Balaban J connectivity index is 1.78. The SMILES string of the molecule is COc1cc(OC)cc(C(=O)NN=Cc2cc(C)n(-c3ccc(Br)cc3)c2C)c1. The topological polar surface area (TPSA) is 64.8 Å². The van der Waals surface area contributed by atoms with Crippen LogP contribution in [0.4, 0.5) is 0 Å². The highest BCUT2D eigenvalue weighted by Gasteiger charge is 2.11. The molecule has 1 aromatic heterocycles. The molecule has 150 valence electrons. The molecule has 2 aromatic carbocycles. The third-order valence-corrected chi connectivity index (χ3v) is 5.07. The van der Waals surface area contributed by atoms with Gasteiger partial charge >= 0.3 is 0 Å². The zero-order valence-electron chi connectivity index (χ0n) is 16.7. The van der Waals surface area contributed by atoms with E-state index in [1.807, 2.05) is 44.2 Å². The van der Waals surface area contributed by atoms with Crippen molar-refractivity contribution in [1.29, 1.82) is 0 Å². The Bertz CT molecular complexity index is 1030. The van der Waals surface area contributed by atoms with E-state index in [0.29, 0.717) is 17.1 Å². The van der Waals surface area contributed by atoms with Crippen molar-refractivity contribution in [2.45, 2.75) is 13.8 Å². The number of carbonyl (C=O) groups is 1. The Labute approximate surface area is 178 Å². The van der Waals surface area contributed by atoms with Crippen LogP contribution in [0.25, 0.3) is 5.69 Å². The molecule has 0 radical (unpaired) electrons. The van der Waals surface area contributed by atoms with Crippen LogP contribution in [0.15, 0.2) is 58.1 Å². The highest BCUT2D eigenvalue weighted by molar-refractivity contribution is 9.10. The fourth-order valence-electron chi connectivity index (χ4n) is 3.07. The van der Waals surface area contributed by atoms with E-state index >= 15 is 0 Å². The molecule has 0 atom stereocenters. The number of nitrogens with zero attached hydrogens (tertiary/aromatic N) is 2. The maximum Gasteiger partial charge on any atom is 0.271 e. The molecule has 0 aliphatic rings. The molecule has 0 unspecified atom stereocenters. The first kappa shape index (κ1) is 20.7. The second kappa shape index (κ2) is 8.96. The van der Waals surface area contributed by atoms with Gasteiger partial charge in [-0.15, -0.1) is 0 Å². The van der Waals surface area contributed by atoms with Gasteiger partial charge < -0.3 is 14.0 Å².